The third-order valence-corrected chi connectivity index (χ3v) is 3.10. The van der Waals surface area contributed by atoms with E-state index in [-0.39, 0.29) is 11.3 Å². The van der Waals surface area contributed by atoms with Crippen molar-refractivity contribution in [2.75, 3.05) is 7.11 Å². The summed E-state index contributed by atoms with van der Waals surface area (Å²) in [5.74, 6) is -1.74. The maximum atomic E-state index is 13.3. The van der Waals surface area contributed by atoms with Crippen molar-refractivity contribution in [3.05, 3.63) is 65.5 Å². The Morgan fingerprint density at radius 1 is 1.18 bits per heavy atom. The standard InChI is InChI=1S/C16H15FN2O3/c1-22-13-8-7-11(17)9-12(13)16(21)19-14(15(18)20)10-5-3-2-4-6-10/h2-9,14H,1H3,(H2,18,20)(H,19,21). The second kappa shape index (κ2) is 6.71. The van der Waals surface area contributed by atoms with Crippen molar-refractivity contribution in [2.45, 2.75) is 6.04 Å². The second-order valence-corrected chi connectivity index (χ2v) is 4.56. The number of hydrogen-bond acceptors (Lipinski definition) is 3. The first-order valence-electron chi connectivity index (χ1n) is 6.51. The highest BCUT2D eigenvalue weighted by molar-refractivity contribution is 5.99. The molecule has 2 rings (SSSR count). The predicted molar refractivity (Wildman–Crippen MR) is 78.8 cm³/mol. The maximum absolute atomic E-state index is 13.3. The Balaban J connectivity index is 2.30. The average molecular weight is 302 g/mol. The van der Waals surface area contributed by atoms with E-state index in [4.69, 9.17) is 10.5 Å². The third-order valence-electron chi connectivity index (χ3n) is 3.10. The number of nitrogens with two attached hydrogens (primary N) is 1. The van der Waals surface area contributed by atoms with Crippen LogP contribution in [0.4, 0.5) is 4.39 Å². The molecule has 22 heavy (non-hydrogen) atoms. The molecular weight excluding hydrogens is 287 g/mol. The van der Waals surface area contributed by atoms with Crippen molar-refractivity contribution in [3.63, 3.8) is 0 Å². The minimum absolute atomic E-state index is 0.00955. The SMILES string of the molecule is COc1ccc(F)cc1C(=O)NC(C(N)=O)c1ccccc1. The number of benzene rings is 2. The summed E-state index contributed by atoms with van der Waals surface area (Å²) in [5, 5.41) is 2.49. The van der Waals surface area contributed by atoms with Crippen LogP contribution in [0.1, 0.15) is 22.0 Å². The highest BCUT2D eigenvalue weighted by atomic mass is 19.1. The second-order valence-electron chi connectivity index (χ2n) is 4.56. The summed E-state index contributed by atoms with van der Waals surface area (Å²) in [6.45, 7) is 0. The fraction of sp³-hybridized carbons (Fsp3) is 0.125. The van der Waals surface area contributed by atoms with Gasteiger partial charge < -0.3 is 15.8 Å². The minimum Gasteiger partial charge on any atom is -0.496 e. The molecule has 6 heteroatoms. The van der Waals surface area contributed by atoms with E-state index in [1.54, 1.807) is 30.3 Å². The molecule has 0 bridgehead atoms. The Bertz CT molecular complexity index is 689. The predicted octanol–water partition coefficient (Wildman–Crippen LogP) is 1.79. The van der Waals surface area contributed by atoms with Crippen molar-refractivity contribution >= 4 is 11.8 Å². The summed E-state index contributed by atoms with van der Waals surface area (Å²) < 4.78 is 18.4. The molecule has 0 aromatic heterocycles. The molecule has 0 saturated heterocycles. The van der Waals surface area contributed by atoms with E-state index >= 15 is 0 Å². The van der Waals surface area contributed by atoms with Gasteiger partial charge in [-0.15, -0.1) is 0 Å². The van der Waals surface area contributed by atoms with Crippen LogP contribution in [0, 0.1) is 5.82 Å². The molecule has 0 heterocycles. The van der Waals surface area contributed by atoms with E-state index in [1.807, 2.05) is 0 Å². The number of hydrogen-bond donors (Lipinski definition) is 2. The van der Waals surface area contributed by atoms with Crippen LogP contribution in [0.3, 0.4) is 0 Å². The molecule has 0 aliphatic carbocycles. The van der Waals surface area contributed by atoms with E-state index in [9.17, 15) is 14.0 Å². The lowest BCUT2D eigenvalue weighted by Gasteiger charge is -2.17. The summed E-state index contributed by atoms with van der Waals surface area (Å²) in [6.07, 6.45) is 0. The van der Waals surface area contributed by atoms with E-state index in [1.165, 1.54) is 19.2 Å². The smallest absolute Gasteiger partial charge is 0.256 e. The molecule has 5 nitrogen and oxygen atoms in total. The number of rotatable bonds is 5. The van der Waals surface area contributed by atoms with Gasteiger partial charge >= 0.3 is 0 Å². The zero-order chi connectivity index (χ0) is 16.1. The zero-order valence-corrected chi connectivity index (χ0v) is 11.9. The van der Waals surface area contributed by atoms with E-state index in [2.05, 4.69) is 5.32 Å². The van der Waals surface area contributed by atoms with Crippen LogP contribution in [-0.4, -0.2) is 18.9 Å². The van der Waals surface area contributed by atoms with Crippen LogP contribution < -0.4 is 15.8 Å². The fourth-order valence-electron chi connectivity index (χ4n) is 2.03. The van der Waals surface area contributed by atoms with Crippen LogP contribution in [0.15, 0.2) is 48.5 Å². The first-order valence-corrected chi connectivity index (χ1v) is 6.51. The monoisotopic (exact) mass is 302 g/mol. The number of amides is 2. The Morgan fingerprint density at radius 3 is 2.45 bits per heavy atom. The largest absolute Gasteiger partial charge is 0.496 e. The molecule has 2 aromatic carbocycles. The van der Waals surface area contributed by atoms with Crippen molar-refractivity contribution in [3.8, 4) is 5.75 Å². The molecule has 0 fully saturated rings. The highest BCUT2D eigenvalue weighted by Gasteiger charge is 2.22. The lowest BCUT2D eigenvalue weighted by Crippen LogP contribution is -2.37. The van der Waals surface area contributed by atoms with Gasteiger partial charge in [-0.2, -0.15) is 0 Å². The Morgan fingerprint density at radius 2 is 1.86 bits per heavy atom. The Hall–Kier alpha value is -2.89. The van der Waals surface area contributed by atoms with Gasteiger partial charge in [0.15, 0.2) is 0 Å². The van der Waals surface area contributed by atoms with Gasteiger partial charge in [0.1, 0.15) is 17.6 Å². The van der Waals surface area contributed by atoms with Crippen LogP contribution in [0.25, 0.3) is 0 Å². The molecule has 3 N–H and O–H groups in total. The summed E-state index contributed by atoms with van der Waals surface area (Å²) in [4.78, 5) is 23.9. The van der Waals surface area contributed by atoms with Gasteiger partial charge in [0.25, 0.3) is 5.91 Å². The Labute approximate surface area is 126 Å². The maximum Gasteiger partial charge on any atom is 0.256 e. The van der Waals surface area contributed by atoms with Gasteiger partial charge in [-0.1, -0.05) is 30.3 Å². The summed E-state index contributed by atoms with van der Waals surface area (Å²) in [6, 6.07) is 11.1. The molecule has 2 amide bonds. The summed E-state index contributed by atoms with van der Waals surface area (Å²) >= 11 is 0. The third kappa shape index (κ3) is 3.41. The molecule has 0 spiro atoms. The molecular formula is C16H15FN2O3. The number of ether oxygens (including phenoxy) is 1. The van der Waals surface area contributed by atoms with Crippen LogP contribution in [0.2, 0.25) is 0 Å². The Kier molecular flexibility index (Phi) is 4.73. The van der Waals surface area contributed by atoms with Gasteiger partial charge in [-0.3, -0.25) is 9.59 Å². The van der Waals surface area contributed by atoms with Gasteiger partial charge in [0.2, 0.25) is 5.91 Å². The van der Waals surface area contributed by atoms with Gasteiger partial charge in [-0.05, 0) is 23.8 Å². The van der Waals surface area contributed by atoms with Gasteiger partial charge in [0.05, 0.1) is 12.7 Å². The number of nitrogens with one attached hydrogen (secondary N) is 1. The summed E-state index contributed by atoms with van der Waals surface area (Å²) in [5.41, 5.74) is 5.87. The number of halogens is 1. The molecule has 0 radical (unpaired) electrons. The first-order chi connectivity index (χ1) is 10.5. The molecule has 1 unspecified atom stereocenters. The molecule has 0 saturated carbocycles. The van der Waals surface area contributed by atoms with E-state index in [0.29, 0.717) is 5.56 Å². The van der Waals surface area contributed by atoms with E-state index < -0.39 is 23.7 Å². The van der Waals surface area contributed by atoms with Crippen molar-refractivity contribution in [1.29, 1.82) is 0 Å². The topological polar surface area (TPSA) is 81.4 Å². The molecule has 2 aromatic rings. The lowest BCUT2D eigenvalue weighted by atomic mass is 10.1. The van der Waals surface area contributed by atoms with Crippen molar-refractivity contribution in [2.24, 2.45) is 5.73 Å². The van der Waals surface area contributed by atoms with Crippen LogP contribution in [0.5, 0.6) is 5.75 Å². The average Bonchev–Trinajstić information content (AvgIpc) is 2.52. The van der Waals surface area contributed by atoms with Crippen LogP contribution >= 0.6 is 0 Å². The summed E-state index contributed by atoms with van der Waals surface area (Å²) in [7, 11) is 1.37. The number of carbonyl (C=O) groups is 2. The van der Waals surface area contributed by atoms with Gasteiger partial charge in [0, 0.05) is 0 Å². The quantitative estimate of drug-likeness (QED) is 0.883. The zero-order valence-electron chi connectivity index (χ0n) is 11.9. The lowest BCUT2D eigenvalue weighted by molar-refractivity contribution is -0.120. The molecule has 114 valence electrons. The van der Waals surface area contributed by atoms with E-state index in [0.717, 1.165) is 6.07 Å². The first kappa shape index (κ1) is 15.5. The van der Waals surface area contributed by atoms with Crippen molar-refractivity contribution in [1.82, 2.24) is 5.32 Å². The molecule has 0 aliphatic rings. The number of primary amides is 1. The van der Waals surface area contributed by atoms with Crippen molar-refractivity contribution < 1.29 is 18.7 Å². The minimum atomic E-state index is -1.01. The fourth-order valence-corrected chi connectivity index (χ4v) is 2.03. The molecule has 1 atom stereocenters. The van der Waals surface area contributed by atoms with Crippen LogP contribution in [-0.2, 0) is 4.79 Å². The number of methoxy groups -OCH3 is 1. The highest BCUT2D eigenvalue weighted by Crippen LogP contribution is 2.21. The number of carbonyl (C=O) groups excluding carboxylic acids is 2. The van der Waals surface area contributed by atoms with Gasteiger partial charge in [-0.25, -0.2) is 4.39 Å². The normalized spacial score (nSPS) is 11.5. The molecule has 0 aliphatic heterocycles.